The number of hydrazine groups is 1. The summed E-state index contributed by atoms with van der Waals surface area (Å²) >= 11 is 0. The predicted octanol–water partition coefficient (Wildman–Crippen LogP) is 1.03. The van der Waals surface area contributed by atoms with E-state index >= 15 is 0 Å². The Morgan fingerprint density at radius 2 is 1.81 bits per heavy atom. The smallest absolute Gasteiger partial charge is 0.293 e. The summed E-state index contributed by atoms with van der Waals surface area (Å²) in [5, 5.41) is 11.5. The number of nitrogens with zero attached hydrogens (tertiary/aromatic N) is 2. The number of fused-ring (bicyclic) bond motifs is 1. The molecule has 0 saturated carbocycles. The molecule has 1 atom stereocenters. The monoisotopic (exact) mass is 428 g/mol. The summed E-state index contributed by atoms with van der Waals surface area (Å²) in [5.74, 6) is -0.345. The van der Waals surface area contributed by atoms with Crippen molar-refractivity contribution in [2.75, 3.05) is 37.8 Å². The zero-order valence-electron chi connectivity index (χ0n) is 16.4. The number of hydrogen-bond acceptors (Lipinski definition) is 8. The SMILES string of the molecule is O=C(NNC(=O)C1COc2ccccc2O1)c1ccc(N2CCOCC2)c([N+](=O)[O-])c1. The van der Waals surface area contributed by atoms with E-state index < -0.39 is 22.8 Å². The lowest BCUT2D eigenvalue weighted by molar-refractivity contribution is -0.384. The van der Waals surface area contributed by atoms with Crippen LogP contribution < -0.4 is 25.2 Å². The van der Waals surface area contributed by atoms with Crippen LogP contribution in [0.1, 0.15) is 10.4 Å². The lowest BCUT2D eigenvalue weighted by atomic mass is 10.1. The number of morpholine rings is 1. The number of amides is 2. The van der Waals surface area contributed by atoms with Crippen LogP contribution in [0, 0.1) is 10.1 Å². The summed E-state index contributed by atoms with van der Waals surface area (Å²) in [6.45, 7) is 1.98. The molecule has 2 aromatic carbocycles. The van der Waals surface area contributed by atoms with E-state index in [0.29, 0.717) is 43.5 Å². The molecule has 2 heterocycles. The van der Waals surface area contributed by atoms with E-state index in [-0.39, 0.29) is 17.9 Å². The van der Waals surface area contributed by atoms with Gasteiger partial charge in [0.1, 0.15) is 12.3 Å². The fourth-order valence-corrected chi connectivity index (χ4v) is 3.30. The van der Waals surface area contributed by atoms with Gasteiger partial charge in [-0.2, -0.15) is 0 Å². The molecule has 2 N–H and O–H groups in total. The number of para-hydroxylation sites is 2. The summed E-state index contributed by atoms with van der Waals surface area (Å²) in [6, 6.07) is 11.1. The molecule has 0 spiro atoms. The number of nitro groups is 1. The second-order valence-electron chi connectivity index (χ2n) is 6.87. The molecule has 4 rings (SSSR count). The Morgan fingerprint density at radius 3 is 2.55 bits per heavy atom. The zero-order chi connectivity index (χ0) is 21.8. The Morgan fingerprint density at radius 1 is 1.06 bits per heavy atom. The Kier molecular flexibility index (Phi) is 5.85. The van der Waals surface area contributed by atoms with E-state index in [4.69, 9.17) is 14.2 Å². The van der Waals surface area contributed by atoms with Crippen molar-refractivity contribution in [2.45, 2.75) is 6.10 Å². The fraction of sp³-hybridized carbons (Fsp3) is 0.300. The molecule has 0 aromatic heterocycles. The number of rotatable bonds is 4. The highest BCUT2D eigenvalue weighted by atomic mass is 16.6. The Bertz CT molecular complexity index is 1010. The average Bonchev–Trinajstić information content (AvgIpc) is 2.82. The molecule has 11 nitrogen and oxygen atoms in total. The second-order valence-corrected chi connectivity index (χ2v) is 6.87. The molecule has 1 unspecified atom stereocenters. The maximum atomic E-state index is 12.4. The molecule has 2 aromatic rings. The van der Waals surface area contributed by atoms with Crippen molar-refractivity contribution in [1.82, 2.24) is 10.9 Å². The minimum Gasteiger partial charge on any atom is -0.485 e. The van der Waals surface area contributed by atoms with Crippen molar-refractivity contribution < 1.29 is 28.7 Å². The molecular weight excluding hydrogens is 408 g/mol. The quantitative estimate of drug-likeness (QED) is 0.545. The molecular formula is C20H20N4O7. The topological polar surface area (TPSA) is 132 Å². The van der Waals surface area contributed by atoms with Crippen LogP contribution in [0.2, 0.25) is 0 Å². The molecule has 0 bridgehead atoms. The summed E-state index contributed by atoms with van der Waals surface area (Å²) in [5.41, 5.74) is 4.78. The van der Waals surface area contributed by atoms with Crippen molar-refractivity contribution >= 4 is 23.2 Å². The fourth-order valence-electron chi connectivity index (χ4n) is 3.30. The van der Waals surface area contributed by atoms with Crippen LogP contribution in [0.4, 0.5) is 11.4 Å². The van der Waals surface area contributed by atoms with E-state index in [9.17, 15) is 19.7 Å². The van der Waals surface area contributed by atoms with Crippen molar-refractivity contribution in [3.8, 4) is 11.5 Å². The van der Waals surface area contributed by atoms with Gasteiger partial charge in [0.25, 0.3) is 17.5 Å². The second kappa shape index (κ2) is 8.88. The summed E-state index contributed by atoms with van der Waals surface area (Å²) in [7, 11) is 0. The third-order valence-corrected chi connectivity index (χ3v) is 4.89. The van der Waals surface area contributed by atoms with Gasteiger partial charge in [0.2, 0.25) is 6.10 Å². The van der Waals surface area contributed by atoms with Crippen LogP contribution in [-0.2, 0) is 9.53 Å². The first kappa shape index (κ1) is 20.4. The van der Waals surface area contributed by atoms with Crippen molar-refractivity contribution in [3.63, 3.8) is 0 Å². The van der Waals surface area contributed by atoms with Crippen molar-refractivity contribution in [3.05, 3.63) is 58.1 Å². The summed E-state index contributed by atoms with van der Waals surface area (Å²) in [6.07, 6.45) is -0.951. The molecule has 11 heteroatoms. The van der Waals surface area contributed by atoms with Crippen LogP contribution in [0.3, 0.4) is 0 Å². The minimum absolute atomic E-state index is 0.0154. The Labute approximate surface area is 177 Å². The highest BCUT2D eigenvalue weighted by Gasteiger charge is 2.28. The Balaban J connectivity index is 1.40. The van der Waals surface area contributed by atoms with Gasteiger partial charge in [-0.3, -0.25) is 30.6 Å². The Hall–Kier alpha value is -3.86. The number of nitro benzene ring substituents is 1. The van der Waals surface area contributed by atoms with E-state index in [1.165, 1.54) is 18.2 Å². The zero-order valence-corrected chi connectivity index (χ0v) is 16.4. The van der Waals surface area contributed by atoms with Crippen LogP contribution in [-0.4, -0.2) is 55.8 Å². The number of hydrogen-bond donors (Lipinski definition) is 2. The van der Waals surface area contributed by atoms with Gasteiger partial charge in [0.15, 0.2) is 11.5 Å². The van der Waals surface area contributed by atoms with Gasteiger partial charge in [0.05, 0.1) is 18.1 Å². The van der Waals surface area contributed by atoms with Crippen LogP contribution >= 0.6 is 0 Å². The summed E-state index contributed by atoms with van der Waals surface area (Å²) in [4.78, 5) is 37.6. The molecule has 0 aliphatic carbocycles. The van der Waals surface area contributed by atoms with Gasteiger partial charge in [-0.15, -0.1) is 0 Å². The van der Waals surface area contributed by atoms with Gasteiger partial charge < -0.3 is 19.1 Å². The number of nitrogens with one attached hydrogen (secondary N) is 2. The van der Waals surface area contributed by atoms with Crippen molar-refractivity contribution in [2.24, 2.45) is 0 Å². The molecule has 2 aliphatic heterocycles. The van der Waals surface area contributed by atoms with Crippen molar-refractivity contribution in [1.29, 1.82) is 0 Å². The molecule has 1 saturated heterocycles. The number of benzene rings is 2. The lowest BCUT2D eigenvalue weighted by Gasteiger charge is -2.28. The summed E-state index contributed by atoms with van der Waals surface area (Å²) < 4.78 is 16.3. The van der Waals surface area contributed by atoms with Gasteiger partial charge in [-0.05, 0) is 24.3 Å². The van der Waals surface area contributed by atoms with Gasteiger partial charge in [-0.25, -0.2) is 0 Å². The van der Waals surface area contributed by atoms with Gasteiger partial charge >= 0.3 is 0 Å². The number of carbonyl (C=O) groups excluding carboxylic acids is 2. The van der Waals surface area contributed by atoms with E-state index in [0.717, 1.165) is 0 Å². The first-order chi connectivity index (χ1) is 15.0. The maximum Gasteiger partial charge on any atom is 0.293 e. The highest BCUT2D eigenvalue weighted by molar-refractivity contribution is 5.97. The van der Waals surface area contributed by atoms with Gasteiger partial charge in [-0.1, -0.05) is 12.1 Å². The highest BCUT2D eigenvalue weighted by Crippen LogP contribution is 2.31. The van der Waals surface area contributed by atoms with E-state index in [1.54, 1.807) is 24.3 Å². The van der Waals surface area contributed by atoms with Crippen LogP contribution in [0.15, 0.2) is 42.5 Å². The molecule has 2 aliphatic rings. The van der Waals surface area contributed by atoms with E-state index in [2.05, 4.69) is 10.9 Å². The standard InChI is InChI=1S/C20H20N4O7/c25-19(21-22-20(26)18-12-30-16-3-1-2-4-17(16)31-18)13-5-6-14(15(11-13)24(27)28)23-7-9-29-10-8-23/h1-6,11,18H,7-10,12H2,(H,21,25)(H,22,26). The normalized spacial score (nSPS) is 17.5. The molecule has 2 amide bonds. The molecule has 162 valence electrons. The minimum atomic E-state index is -0.951. The van der Waals surface area contributed by atoms with Gasteiger partial charge in [0, 0.05) is 24.7 Å². The largest absolute Gasteiger partial charge is 0.485 e. The lowest BCUT2D eigenvalue weighted by Crippen LogP contribution is -2.50. The molecule has 1 fully saturated rings. The van der Waals surface area contributed by atoms with Crippen LogP contribution in [0.25, 0.3) is 0 Å². The third-order valence-electron chi connectivity index (χ3n) is 4.89. The third kappa shape index (κ3) is 4.51. The average molecular weight is 428 g/mol. The maximum absolute atomic E-state index is 12.4. The number of anilines is 1. The first-order valence-corrected chi connectivity index (χ1v) is 9.63. The first-order valence-electron chi connectivity index (χ1n) is 9.63. The van der Waals surface area contributed by atoms with Crippen LogP contribution in [0.5, 0.6) is 11.5 Å². The molecule has 31 heavy (non-hydrogen) atoms. The number of ether oxygens (including phenoxy) is 3. The van der Waals surface area contributed by atoms with E-state index in [1.807, 2.05) is 4.90 Å². The predicted molar refractivity (Wildman–Crippen MR) is 108 cm³/mol. The number of carbonyl (C=O) groups is 2. The molecule has 0 radical (unpaired) electrons.